The van der Waals surface area contributed by atoms with Gasteiger partial charge >= 0.3 is 5.97 Å². The fourth-order valence-corrected chi connectivity index (χ4v) is 5.78. The fourth-order valence-electron chi connectivity index (χ4n) is 5.78. The maximum absolute atomic E-state index is 13.1. The van der Waals surface area contributed by atoms with E-state index in [9.17, 15) is 19.5 Å². The van der Waals surface area contributed by atoms with E-state index >= 15 is 0 Å². The molecule has 8 nitrogen and oxygen atoms in total. The molecule has 0 amide bonds. The van der Waals surface area contributed by atoms with E-state index in [2.05, 4.69) is 4.90 Å². The van der Waals surface area contributed by atoms with Gasteiger partial charge < -0.3 is 19.1 Å². The Morgan fingerprint density at radius 1 is 1.08 bits per heavy atom. The molecule has 6 rings (SSSR count). The van der Waals surface area contributed by atoms with Crippen molar-refractivity contribution >= 4 is 17.8 Å². The number of allylic oxidation sites excluding steroid dienone is 1. The Balaban J connectivity index is 1.25. The molecule has 188 valence electrons. The molecule has 2 aromatic carbocycles. The van der Waals surface area contributed by atoms with E-state index in [0.717, 1.165) is 25.2 Å². The first kappa shape index (κ1) is 23.2. The number of ether oxygens (including phenoxy) is 2. The smallest absolute Gasteiger partial charge is 0.337 e. The lowest BCUT2D eigenvalue weighted by Crippen LogP contribution is -2.46. The number of piperidine rings is 1. The zero-order valence-electron chi connectivity index (χ0n) is 20.3. The summed E-state index contributed by atoms with van der Waals surface area (Å²) in [5.74, 6) is 0.533. The van der Waals surface area contributed by atoms with Crippen LogP contribution >= 0.6 is 0 Å². The molecule has 2 bridgehead atoms. The summed E-state index contributed by atoms with van der Waals surface area (Å²) >= 11 is 0. The van der Waals surface area contributed by atoms with E-state index in [1.807, 2.05) is 16.7 Å². The minimum atomic E-state index is -0.433. The number of benzene rings is 2. The van der Waals surface area contributed by atoms with Crippen LogP contribution in [0.5, 0.6) is 11.5 Å². The number of Topliss-reactive ketones (excluding diaryl/α,β-unsaturated/α-hetero) is 1. The van der Waals surface area contributed by atoms with Gasteiger partial charge in [0.05, 0.1) is 23.8 Å². The zero-order chi connectivity index (χ0) is 25.7. The second-order valence-electron chi connectivity index (χ2n) is 9.89. The van der Waals surface area contributed by atoms with Crippen molar-refractivity contribution in [3.63, 3.8) is 0 Å². The molecule has 1 saturated heterocycles. The van der Waals surface area contributed by atoms with Crippen molar-refractivity contribution in [1.29, 1.82) is 0 Å². The van der Waals surface area contributed by atoms with Crippen LogP contribution in [-0.4, -0.2) is 46.5 Å². The van der Waals surface area contributed by atoms with E-state index in [0.29, 0.717) is 47.0 Å². The largest absolute Gasteiger partial charge is 0.507 e. The van der Waals surface area contributed by atoms with Gasteiger partial charge in [0.2, 0.25) is 5.78 Å². The summed E-state index contributed by atoms with van der Waals surface area (Å²) in [5, 5.41) is 10.7. The third-order valence-corrected chi connectivity index (χ3v) is 7.48. The molecule has 1 N–H and O–H groups in total. The zero-order valence-corrected chi connectivity index (χ0v) is 20.3. The molecule has 4 heterocycles. The number of phenolic OH excluding ortho intramolecular Hbond substituents is 1. The van der Waals surface area contributed by atoms with Gasteiger partial charge in [-0.25, -0.2) is 4.79 Å². The Kier molecular flexibility index (Phi) is 5.68. The molecule has 2 atom stereocenters. The summed E-state index contributed by atoms with van der Waals surface area (Å²) in [6, 6.07) is 15.3. The summed E-state index contributed by atoms with van der Waals surface area (Å²) < 4.78 is 12.6. The van der Waals surface area contributed by atoms with Crippen molar-refractivity contribution in [2.45, 2.75) is 25.4 Å². The number of methoxy groups -OCH3 is 1. The third kappa shape index (κ3) is 4.13. The van der Waals surface area contributed by atoms with Crippen LogP contribution in [0.1, 0.15) is 49.9 Å². The molecule has 0 aliphatic carbocycles. The molecular weight excluding hydrogens is 472 g/mol. The Morgan fingerprint density at radius 2 is 1.89 bits per heavy atom. The number of hydrogen-bond acceptors (Lipinski definition) is 7. The second kappa shape index (κ2) is 9.05. The summed E-state index contributed by atoms with van der Waals surface area (Å²) in [6.45, 7) is 2.68. The molecular formula is C29H26N2O6. The Hall–Kier alpha value is -4.17. The quantitative estimate of drug-likeness (QED) is 0.434. The van der Waals surface area contributed by atoms with Crippen molar-refractivity contribution in [3.05, 3.63) is 98.7 Å². The lowest BCUT2D eigenvalue weighted by molar-refractivity contribution is 0.0600. The SMILES string of the molecule is COC(=O)c1ccc(/C=C2\Oc3c(ccc(O)c3CN3C[C@H]4C[C@@H](C3)c3cccc(=O)n3C4)C2=O)cc1. The molecule has 1 aromatic heterocycles. The molecule has 0 unspecified atom stereocenters. The van der Waals surface area contributed by atoms with Crippen LogP contribution in [-0.2, 0) is 17.8 Å². The lowest BCUT2D eigenvalue weighted by atomic mass is 9.83. The number of aromatic nitrogens is 1. The molecule has 0 saturated carbocycles. The summed E-state index contributed by atoms with van der Waals surface area (Å²) in [7, 11) is 1.32. The Morgan fingerprint density at radius 3 is 2.68 bits per heavy atom. The van der Waals surface area contributed by atoms with Crippen molar-refractivity contribution in [3.8, 4) is 11.5 Å². The van der Waals surface area contributed by atoms with Crippen LogP contribution in [0, 0.1) is 5.92 Å². The summed E-state index contributed by atoms with van der Waals surface area (Å²) in [5.41, 5.74) is 3.22. The van der Waals surface area contributed by atoms with Gasteiger partial charge in [0.25, 0.3) is 5.56 Å². The number of fused-ring (bicyclic) bond motifs is 5. The second-order valence-corrected chi connectivity index (χ2v) is 9.89. The number of rotatable bonds is 4. The minimum Gasteiger partial charge on any atom is -0.507 e. The lowest BCUT2D eigenvalue weighted by Gasteiger charge is -2.42. The van der Waals surface area contributed by atoms with Gasteiger partial charge in [-0.2, -0.15) is 0 Å². The van der Waals surface area contributed by atoms with Crippen molar-refractivity contribution in [2.24, 2.45) is 5.92 Å². The highest BCUT2D eigenvalue weighted by atomic mass is 16.5. The first-order valence-electron chi connectivity index (χ1n) is 12.3. The Bertz CT molecular complexity index is 1500. The van der Waals surface area contributed by atoms with Crippen LogP contribution < -0.4 is 10.3 Å². The van der Waals surface area contributed by atoms with Crippen molar-refractivity contribution in [2.75, 3.05) is 20.2 Å². The average Bonchev–Trinajstić information content (AvgIpc) is 3.21. The number of likely N-dealkylation sites (tertiary alicyclic amines) is 1. The molecule has 3 aliphatic heterocycles. The fraction of sp³-hybridized carbons (Fsp3) is 0.276. The van der Waals surface area contributed by atoms with Crippen LogP contribution in [0.4, 0.5) is 0 Å². The van der Waals surface area contributed by atoms with E-state index in [1.165, 1.54) is 7.11 Å². The monoisotopic (exact) mass is 498 g/mol. The maximum atomic E-state index is 13.1. The number of carbonyl (C=O) groups excluding carboxylic acids is 2. The first-order valence-corrected chi connectivity index (χ1v) is 12.3. The predicted molar refractivity (Wildman–Crippen MR) is 136 cm³/mol. The van der Waals surface area contributed by atoms with Crippen molar-refractivity contribution < 1.29 is 24.2 Å². The number of phenols is 1. The third-order valence-electron chi connectivity index (χ3n) is 7.48. The van der Waals surface area contributed by atoms with Crippen LogP contribution in [0.25, 0.3) is 6.08 Å². The molecule has 37 heavy (non-hydrogen) atoms. The first-order chi connectivity index (χ1) is 17.9. The summed E-state index contributed by atoms with van der Waals surface area (Å²) in [6.07, 6.45) is 2.67. The van der Waals surface area contributed by atoms with Crippen molar-refractivity contribution in [1.82, 2.24) is 9.47 Å². The van der Waals surface area contributed by atoms with Gasteiger partial charge in [-0.05, 0) is 54.3 Å². The number of aromatic hydroxyl groups is 1. The highest BCUT2D eigenvalue weighted by Crippen LogP contribution is 2.42. The Labute approximate surface area is 213 Å². The van der Waals surface area contributed by atoms with E-state index < -0.39 is 5.97 Å². The highest BCUT2D eigenvalue weighted by molar-refractivity contribution is 6.15. The van der Waals surface area contributed by atoms with Gasteiger partial charge in [0.15, 0.2) is 5.76 Å². The summed E-state index contributed by atoms with van der Waals surface area (Å²) in [4.78, 5) is 39.4. The van der Waals surface area contributed by atoms with Gasteiger partial charge in [-0.15, -0.1) is 0 Å². The van der Waals surface area contributed by atoms with E-state index in [1.54, 1.807) is 48.5 Å². The number of nitrogens with zero attached hydrogens (tertiary/aromatic N) is 2. The number of carbonyl (C=O) groups is 2. The molecule has 3 aliphatic rings. The minimum absolute atomic E-state index is 0.0466. The number of pyridine rings is 1. The van der Waals surface area contributed by atoms with Crippen LogP contribution in [0.15, 0.2) is 65.2 Å². The van der Waals surface area contributed by atoms with Gasteiger partial charge in [0, 0.05) is 43.9 Å². The van der Waals surface area contributed by atoms with E-state index in [-0.39, 0.29) is 28.8 Å². The predicted octanol–water partition coefficient (Wildman–Crippen LogP) is 3.58. The molecule has 8 heteroatoms. The number of ketones is 1. The molecule has 1 fully saturated rings. The number of esters is 1. The standard InChI is InChI=1S/C29H26N2O6/c1-36-29(35)19-7-5-17(6-8-19)12-25-27(34)21-9-10-24(32)22(28(21)37-25)16-30-13-18-11-20(15-30)23-3-2-4-26(33)31(23)14-18/h2-10,12,18,20,32H,11,13-16H2,1H3/b25-12-/t18-,20+/m1/s1. The maximum Gasteiger partial charge on any atom is 0.337 e. The van der Waals surface area contributed by atoms with Gasteiger partial charge in [-0.1, -0.05) is 18.2 Å². The molecule has 3 aromatic rings. The molecule has 0 radical (unpaired) electrons. The van der Waals surface area contributed by atoms with E-state index in [4.69, 9.17) is 9.47 Å². The van der Waals surface area contributed by atoms with Crippen LogP contribution in [0.2, 0.25) is 0 Å². The number of hydrogen-bond donors (Lipinski definition) is 1. The average molecular weight is 499 g/mol. The molecule has 0 spiro atoms. The van der Waals surface area contributed by atoms with Crippen LogP contribution in [0.3, 0.4) is 0 Å². The van der Waals surface area contributed by atoms with Gasteiger partial charge in [0.1, 0.15) is 11.5 Å². The normalized spacial score (nSPS) is 21.3. The van der Waals surface area contributed by atoms with Gasteiger partial charge in [-0.3, -0.25) is 14.5 Å². The highest BCUT2D eigenvalue weighted by Gasteiger charge is 2.36. The topological polar surface area (TPSA) is 98.1 Å².